The smallest absolute Gasteiger partial charge is 0.283 e. The van der Waals surface area contributed by atoms with Gasteiger partial charge in [0.05, 0.1) is 9.40 Å². The van der Waals surface area contributed by atoms with Crippen LogP contribution in [0.25, 0.3) is 0 Å². The minimum Gasteiger partial charge on any atom is -0.314 e. The zero-order chi connectivity index (χ0) is 13.1. The summed E-state index contributed by atoms with van der Waals surface area (Å²) >= 11 is 3.20. The zero-order valence-corrected chi connectivity index (χ0v) is 11.8. The van der Waals surface area contributed by atoms with Crippen LogP contribution in [0.4, 0.5) is 5.69 Å². The van der Waals surface area contributed by atoms with Crippen LogP contribution in [-0.4, -0.2) is 35.5 Å². The third kappa shape index (κ3) is 2.88. The lowest BCUT2D eigenvalue weighted by Gasteiger charge is -2.37. The predicted molar refractivity (Wildman–Crippen MR) is 73.5 cm³/mol. The summed E-state index contributed by atoms with van der Waals surface area (Å²) in [5.41, 5.74) is 1.12. The number of hydrogen-bond acceptors (Lipinski definition) is 4. The minimum atomic E-state index is -0.352. The predicted octanol–water partition coefficient (Wildman–Crippen LogP) is 2.15. The van der Waals surface area contributed by atoms with Crippen LogP contribution in [0.2, 0.25) is 0 Å². The Balaban J connectivity index is 2.12. The first-order valence-corrected chi connectivity index (χ1v) is 6.78. The highest BCUT2D eigenvalue weighted by Gasteiger charge is 2.23. The van der Waals surface area contributed by atoms with E-state index in [1.54, 1.807) is 12.1 Å². The van der Waals surface area contributed by atoms with E-state index in [0.717, 1.165) is 31.7 Å². The van der Waals surface area contributed by atoms with Gasteiger partial charge in [-0.05, 0) is 34.1 Å². The van der Waals surface area contributed by atoms with Crippen molar-refractivity contribution in [2.45, 2.75) is 19.5 Å². The van der Waals surface area contributed by atoms with Gasteiger partial charge in [0.2, 0.25) is 0 Å². The van der Waals surface area contributed by atoms with E-state index in [1.165, 1.54) is 0 Å². The molecule has 1 aromatic rings. The Morgan fingerprint density at radius 2 is 2.28 bits per heavy atom. The molecule has 0 amide bonds. The molecule has 0 radical (unpaired) electrons. The number of likely N-dealkylation sites (N-methyl/N-ethyl adjacent to an activating group) is 1. The summed E-state index contributed by atoms with van der Waals surface area (Å²) in [6.07, 6.45) is 0. The molecule has 1 aliphatic heterocycles. The van der Waals surface area contributed by atoms with Gasteiger partial charge < -0.3 is 5.32 Å². The van der Waals surface area contributed by atoms with Gasteiger partial charge in [0, 0.05) is 31.7 Å². The number of halogens is 1. The Morgan fingerprint density at radius 3 is 2.78 bits per heavy atom. The summed E-state index contributed by atoms with van der Waals surface area (Å²) in [4.78, 5) is 12.9. The first-order valence-electron chi connectivity index (χ1n) is 5.99. The third-order valence-corrected chi connectivity index (χ3v) is 3.95. The molecule has 0 bridgehead atoms. The van der Waals surface area contributed by atoms with Gasteiger partial charge in [-0.1, -0.05) is 13.0 Å². The number of benzene rings is 1. The fourth-order valence-corrected chi connectivity index (χ4v) is 2.45. The molecule has 6 heteroatoms. The van der Waals surface area contributed by atoms with Crippen LogP contribution >= 0.6 is 15.9 Å². The highest BCUT2D eigenvalue weighted by Crippen LogP contribution is 2.26. The lowest BCUT2D eigenvalue weighted by Crippen LogP contribution is -2.56. The van der Waals surface area contributed by atoms with Crippen molar-refractivity contribution < 1.29 is 4.92 Å². The molecule has 0 aromatic heterocycles. The molecule has 1 aromatic carbocycles. The van der Waals surface area contributed by atoms with E-state index in [9.17, 15) is 10.1 Å². The van der Waals surface area contributed by atoms with Gasteiger partial charge in [-0.3, -0.25) is 15.0 Å². The van der Waals surface area contributed by atoms with E-state index in [0.29, 0.717) is 10.5 Å². The molecule has 0 aliphatic carbocycles. The number of nitrogens with one attached hydrogen (secondary N) is 1. The summed E-state index contributed by atoms with van der Waals surface area (Å²) in [7, 11) is 0. The summed E-state index contributed by atoms with van der Waals surface area (Å²) < 4.78 is 0.532. The number of nitrogens with zero attached hydrogens (tertiary/aromatic N) is 2. The normalized spacial score (nSPS) is 15.7. The van der Waals surface area contributed by atoms with Crippen LogP contribution in [0.3, 0.4) is 0 Å². The fourth-order valence-electron chi connectivity index (χ4n) is 2.06. The van der Waals surface area contributed by atoms with Crippen LogP contribution in [0.15, 0.2) is 22.7 Å². The highest BCUT2D eigenvalue weighted by molar-refractivity contribution is 9.10. The standard InChI is InChI=1S/C12H16BrN3O2/c1-2-15(10-6-14-7-10)8-9-3-4-11(13)12(5-9)16(17)18/h3-5,10,14H,2,6-8H2,1H3. The SMILES string of the molecule is CCN(Cc1ccc(Br)c([N+](=O)[O-])c1)C1CNC1. The monoisotopic (exact) mass is 313 g/mol. The Hall–Kier alpha value is -0.980. The van der Waals surface area contributed by atoms with E-state index in [4.69, 9.17) is 0 Å². The largest absolute Gasteiger partial charge is 0.314 e. The van der Waals surface area contributed by atoms with Gasteiger partial charge in [0.1, 0.15) is 0 Å². The molecule has 1 heterocycles. The van der Waals surface area contributed by atoms with Crippen LogP contribution in [0.1, 0.15) is 12.5 Å². The van der Waals surface area contributed by atoms with E-state index in [2.05, 4.69) is 33.1 Å². The van der Waals surface area contributed by atoms with Crippen molar-refractivity contribution in [2.75, 3.05) is 19.6 Å². The molecule has 1 fully saturated rings. The Kier molecular flexibility index (Phi) is 4.31. The van der Waals surface area contributed by atoms with Crippen molar-refractivity contribution in [3.05, 3.63) is 38.3 Å². The molecule has 0 saturated carbocycles. The van der Waals surface area contributed by atoms with Crippen molar-refractivity contribution >= 4 is 21.6 Å². The molecule has 18 heavy (non-hydrogen) atoms. The molecule has 0 atom stereocenters. The molecular weight excluding hydrogens is 298 g/mol. The van der Waals surface area contributed by atoms with Crippen molar-refractivity contribution in [2.24, 2.45) is 0 Å². The van der Waals surface area contributed by atoms with Crippen LogP contribution in [-0.2, 0) is 6.54 Å². The second kappa shape index (κ2) is 5.77. The Labute approximate surface area is 114 Å². The van der Waals surface area contributed by atoms with E-state index in [1.807, 2.05) is 6.07 Å². The van der Waals surface area contributed by atoms with Gasteiger partial charge in [0.25, 0.3) is 5.69 Å². The summed E-state index contributed by atoms with van der Waals surface area (Å²) in [6, 6.07) is 5.89. The molecule has 98 valence electrons. The van der Waals surface area contributed by atoms with Crippen LogP contribution in [0, 0.1) is 10.1 Å². The quantitative estimate of drug-likeness (QED) is 0.668. The first-order chi connectivity index (χ1) is 8.61. The van der Waals surface area contributed by atoms with Gasteiger partial charge in [0.15, 0.2) is 0 Å². The number of hydrogen-bond donors (Lipinski definition) is 1. The molecule has 2 rings (SSSR count). The zero-order valence-electron chi connectivity index (χ0n) is 10.2. The van der Waals surface area contributed by atoms with E-state index < -0.39 is 0 Å². The minimum absolute atomic E-state index is 0.135. The number of nitro benzene ring substituents is 1. The highest BCUT2D eigenvalue weighted by atomic mass is 79.9. The van der Waals surface area contributed by atoms with Gasteiger partial charge in [-0.25, -0.2) is 0 Å². The molecule has 5 nitrogen and oxygen atoms in total. The molecule has 0 spiro atoms. The van der Waals surface area contributed by atoms with Crippen molar-refractivity contribution in [1.82, 2.24) is 10.2 Å². The summed E-state index contributed by atoms with van der Waals surface area (Å²) in [6.45, 7) is 5.84. The molecule has 0 unspecified atom stereocenters. The molecular formula is C12H16BrN3O2. The van der Waals surface area contributed by atoms with Crippen LogP contribution in [0.5, 0.6) is 0 Å². The van der Waals surface area contributed by atoms with Gasteiger partial charge in [-0.15, -0.1) is 0 Å². The molecule has 1 aliphatic rings. The third-order valence-electron chi connectivity index (χ3n) is 3.28. The number of rotatable bonds is 5. The van der Waals surface area contributed by atoms with Crippen molar-refractivity contribution in [3.63, 3.8) is 0 Å². The van der Waals surface area contributed by atoms with E-state index >= 15 is 0 Å². The van der Waals surface area contributed by atoms with Crippen molar-refractivity contribution in [1.29, 1.82) is 0 Å². The van der Waals surface area contributed by atoms with Gasteiger partial charge in [-0.2, -0.15) is 0 Å². The molecule has 1 N–H and O–H groups in total. The maximum absolute atomic E-state index is 10.9. The number of nitro groups is 1. The summed E-state index contributed by atoms with van der Waals surface area (Å²) in [5, 5.41) is 14.1. The average Bonchev–Trinajstić information content (AvgIpc) is 2.27. The Morgan fingerprint density at radius 1 is 1.56 bits per heavy atom. The topological polar surface area (TPSA) is 58.4 Å². The fraction of sp³-hybridized carbons (Fsp3) is 0.500. The Bertz CT molecular complexity index is 449. The maximum atomic E-state index is 10.9. The second-order valence-corrected chi connectivity index (χ2v) is 5.27. The average molecular weight is 314 g/mol. The lowest BCUT2D eigenvalue weighted by molar-refractivity contribution is -0.385. The lowest BCUT2D eigenvalue weighted by atomic mass is 10.1. The summed E-state index contributed by atoms with van der Waals surface area (Å²) in [5.74, 6) is 0. The van der Waals surface area contributed by atoms with Crippen molar-refractivity contribution in [3.8, 4) is 0 Å². The first kappa shape index (κ1) is 13.5. The maximum Gasteiger partial charge on any atom is 0.283 e. The second-order valence-electron chi connectivity index (χ2n) is 4.42. The van der Waals surface area contributed by atoms with Gasteiger partial charge >= 0.3 is 0 Å². The van der Waals surface area contributed by atoms with Crippen LogP contribution < -0.4 is 5.32 Å². The molecule has 1 saturated heterocycles. The van der Waals surface area contributed by atoms with E-state index in [-0.39, 0.29) is 10.6 Å².